The molecule has 0 radical (unpaired) electrons. The molecule has 1 heterocycles. The van der Waals surface area contributed by atoms with Gasteiger partial charge in [-0.15, -0.1) is 0 Å². The molecule has 106 valence electrons. The van der Waals surface area contributed by atoms with Crippen molar-refractivity contribution in [1.29, 1.82) is 5.26 Å². The molecule has 0 aliphatic carbocycles. The van der Waals surface area contributed by atoms with Gasteiger partial charge < -0.3 is 0 Å². The maximum absolute atomic E-state index is 13.9. The number of aromatic nitrogens is 1. The van der Waals surface area contributed by atoms with Crippen molar-refractivity contribution in [3.05, 3.63) is 77.2 Å². The van der Waals surface area contributed by atoms with Gasteiger partial charge in [0.25, 0.3) is 0 Å². The summed E-state index contributed by atoms with van der Waals surface area (Å²) in [5, 5.41) is 9.44. The first-order chi connectivity index (χ1) is 10.7. The Balaban J connectivity index is 2.17. The molecule has 3 rings (SSSR count). The van der Waals surface area contributed by atoms with Crippen molar-refractivity contribution in [3.8, 4) is 28.5 Å². The van der Waals surface area contributed by atoms with Crippen molar-refractivity contribution in [2.75, 3.05) is 0 Å². The van der Waals surface area contributed by atoms with E-state index in [0.717, 1.165) is 11.1 Å². The molecular weight excluding hydrogens is 299 g/mol. The predicted octanol–water partition coefficient (Wildman–Crippen LogP) is 5.08. The van der Waals surface area contributed by atoms with E-state index in [1.54, 1.807) is 24.4 Å². The van der Waals surface area contributed by atoms with Gasteiger partial charge in [-0.2, -0.15) is 5.26 Å². The first kappa shape index (κ1) is 14.2. The molecule has 1 aromatic heterocycles. The molecule has 0 N–H and O–H groups in total. The summed E-state index contributed by atoms with van der Waals surface area (Å²) in [6.07, 6.45) is 1.68. The molecular formula is C18H10ClFN2. The first-order valence-electron chi connectivity index (χ1n) is 6.60. The first-order valence-corrected chi connectivity index (χ1v) is 6.98. The molecule has 0 amide bonds. The number of benzene rings is 2. The third-order valence-electron chi connectivity index (χ3n) is 3.31. The summed E-state index contributed by atoms with van der Waals surface area (Å²) < 4.78 is 13.9. The zero-order chi connectivity index (χ0) is 15.5. The molecule has 2 aromatic carbocycles. The number of nitrogens with zero attached hydrogens (tertiary/aromatic N) is 2. The van der Waals surface area contributed by atoms with Gasteiger partial charge in [0.1, 0.15) is 11.9 Å². The van der Waals surface area contributed by atoms with Crippen LogP contribution in [0.3, 0.4) is 0 Å². The molecule has 4 heteroatoms. The average molecular weight is 309 g/mol. The molecule has 22 heavy (non-hydrogen) atoms. The Morgan fingerprint density at radius 3 is 2.59 bits per heavy atom. The van der Waals surface area contributed by atoms with Crippen LogP contribution in [0, 0.1) is 17.1 Å². The van der Waals surface area contributed by atoms with Gasteiger partial charge in [0.2, 0.25) is 0 Å². The minimum absolute atomic E-state index is 0.0249. The lowest BCUT2D eigenvalue weighted by molar-refractivity contribution is 0.624. The fourth-order valence-electron chi connectivity index (χ4n) is 2.28. The van der Waals surface area contributed by atoms with E-state index >= 15 is 0 Å². The summed E-state index contributed by atoms with van der Waals surface area (Å²) in [5.41, 5.74) is 3.05. The number of halogens is 2. The third-order valence-corrected chi connectivity index (χ3v) is 3.54. The number of nitriles is 1. The molecule has 0 unspecified atom stereocenters. The van der Waals surface area contributed by atoms with Crippen LogP contribution in [0.4, 0.5) is 4.39 Å². The van der Waals surface area contributed by atoms with Crippen LogP contribution < -0.4 is 0 Å². The highest BCUT2D eigenvalue weighted by Gasteiger charge is 2.11. The van der Waals surface area contributed by atoms with E-state index in [1.807, 2.05) is 30.3 Å². The van der Waals surface area contributed by atoms with Gasteiger partial charge >= 0.3 is 0 Å². The Morgan fingerprint density at radius 1 is 1.00 bits per heavy atom. The van der Waals surface area contributed by atoms with E-state index in [-0.39, 0.29) is 5.56 Å². The van der Waals surface area contributed by atoms with Crippen LogP contribution in [0.2, 0.25) is 5.02 Å². The SMILES string of the molecule is N#Cc1ccc(-c2cccnc2-c2cccc(Cl)c2)cc1F. The fraction of sp³-hybridized carbons (Fsp3) is 0. The predicted molar refractivity (Wildman–Crippen MR) is 84.8 cm³/mol. The van der Waals surface area contributed by atoms with Crippen LogP contribution in [0.5, 0.6) is 0 Å². The van der Waals surface area contributed by atoms with Crippen LogP contribution in [0.1, 0.15) is 5.56 Å². The van der Waals surface area contributed by atoms with Crippen molar-refractivity contribution < 1.29 is 4.39 Å². The minimum atomic E-state index is -0.541. The van der Waals surface area contributed by atoms with Gasteiger partial charge in [0.05, 0.1) is 11.3 Å². The largest absolute Gasteiger partial charge is 0.256 e. The maximum Gasteiger partial charge on any atom is 0.141 e. The molecule has 0 saturated carbocycles. The van der Waals surface area contributed by atoms with Gasteiger partial charge in [0, 0.05) is 22.3 Å². The third kappa shape index (κ3) is 2.69. The second kappa shape index (κ2) is 5.97. The molecule has 0 saturated heterocycles. The molecule has 2 nitrogen and oxygen atoms in total. The number of hydrogen-bond donors (Lipinski definition) is 0. The Labute approximate surface area is 132 Å². The molecule has 0 bridgehead atoms. The van der Waals surface area contributed by atoms with E-state index in [2.05, 4.69) is 4.98 Å². The summed E-state index contributed by atoms with van der Waals surface area (Å²) in [6, 6.07) is 17.4. The minimum Gasteiger partial charge on any atom is -0.256 e. The zero-order valence-corrected chi connectivity index (χ0v) is 12.2. The van der Waals surface area contributed by atoms with Crippen LogP contribution in [-0.4, -0.2) is 4.98 Å². The van der Waals surface area contributed by atoms with E-state index in [9.17, 15) is 4.39 Å². The van der Waals surface area contributed by atoms with E-state index < -0.39 is 5.82 Å². The smallest absolute Gasteiger partial charge is 0.141 e. The molecule has 0 aliphatic rings. The lowest BCUT2D eigenvalue weighted by Crippen LogP contribution is -1.91. The molecule has 0 spiro atoms. The average Bonchev–Trinajstić information content (AvgIpc) is 2.55. The number of hydrogen-bond acceptors (Lipinski definition) is 2. The number of rotatable bonds is 2. The van der Waals surface area contributed by atoms with Crippen molar-refractivity contribution in [1.82, 2.24) is 4.98 Å². The lowest BCUT2D eigenvalue weighted by atomic mass is 9.98. The van der Waals surface area contributed by atoms with Gasteiger partial charge in [0.15, 0.2) is 0 Å². The Hall–Kier alpha value is -2.70. The van der Waals surface area contributed by atoms with Crippen molar-refractivity contribution >= 4 is 11.6 Å². The summed E-state index contributed by atoms with van der Waals surface area (Å²) in [4.78, 5) is 4.39. The van der Waals surface area contributed by atoms with Crippen LogP contribution in [0.15, 0.2) is 60.8 Å². The Kier molecular flexibility index (Phi) is 3.86. The summed E-state index contributed by atoms with van der Waals surface area (Å²) in [5.74, 6) is -0.541. The van der Waals surface area contributed by atoms with Crippen LogP contribution in [0.25, 0.3) is 22.4 Å². The zero-order valence-electron chi connectivity index (χ0n) is 11.4. The van der Waals surface area contributed by atoms with Gasteiger partial charge in [-0.1, -0.05) is 35.9 Å². The second-order valence-corrected chi connectivity index (χ2v) is 5.15. The summed E-state index contributed by atoms with van der Waals surface area (Å²) >= 11 is 6.03. The van der Waals surface area contributed by atoms with Crippen LogP contribution >= 0.6 is 11.6 Å². The topological polar surface area (TPSA) is 36.7 Å². The van der Waals surface area contributed by atoms with Crippen LogP contribution in [-0.2, 0) is 0 Å². The standard InChI is InChI=1S/C18H10ClFN2/c19-15-4-1-3-13(9-15)18-16(5-2-8-22-18)12-6-7-14(11-21)17(20)10-12/h1-10H. The Morgan fingerprint density at radius 2 is 1.86 bits per heavy atom. The number of pyridine rings is 1. The van der Waals surface area contributed by atoms with Gasteiger partial charge in [-0.25, -0.2) is 4.39 Å². The normalized spacial score (nSPS) is 10.2. The second-order valence-electron chi connectivity index (χ2n) is 4.72. The molecule has 0 atom stereocenters. The highest BCUT2D eigenvalue weighted by atomic mass is 35.5. The van der Waals surface area contributed by atoms with Crippen molar-refractivity contribution in [3.63, 3.8) is 0 Å². The maximum atomic E-state index is 13.9. The van der Waals surface area contributed by atoms with E-state index in [4.69, 9.17) is 16.9 Å². The van der Waals surface area contributed by atoms with Crippen molar-refractivity contribution in [2.45, 2.75) is 0 Å². The quantitative estimate of drug-likeness (QED) is 0.662. The highest BCUT2D eigenvalue weighted by molar-refractivity contribution is 6.30. The molecule has 0 fully saturated rings. The van der Waals surface area contributed by atoms with E-state index in [1.165, 1.54) is 12.1 Å². The fourth-order valence-corrected chi connectivity index (χ4v) is 2.47. The summed E-state index contributed by atoms with van der Waals surface area (Å²) in [6.45, 7) is 0. The summed E-state index contributed by atoms with van der Waals surface area (Å²) in [7, 11) is 0. The van der Waals surface area contributed by atoms with Gasteiger partial charge in [-0.3, -0.25) is 4.98 Å². The van der Waals surface area contributed by atoms with Crippen molar-refractivity contribution in [2.24, 2.45) is 0 Å². The van der Waals surface area contributed by atoms with Gasteiger partial charge in [-0.05, 0) is 35.9 Å². The molecule has 0 aliphatic heterocycles. The highest BCUT2D eigenvalue weighted by Crippen LogP contribution is 2.32. The monoisotopic (exact) mass is 308 g/mol. The lowest BCUT2D eigenvalue weighted by Gasteiger charge is -2.09. The Bertz CT molecular complexity index is 884. The molecule has 3 aromatic rings. The van der Waals surface area contributed by atoms with E-state index in [0.29, 0.717) is 16.3 Å².